The van der Waals surface area contributed by atoms with Crippen LogP contribution in [0.1, 0.15) is 6.92 Å². The topological polar surface area (TPSA) is 46.3 Å². The van der Waals surface area contributed by atoms with Gasteiger partial charge in [0, 0.05) is 25.7 Å². The zero-order chi connectivity index (χ0) is 10.6. The minimum absolute atomic E-state index is 0.138. The van der Waals surface area contributed by atoms with Gasteiger partial charge in [-0.1, -0.05) is 6.07 Å². The number of carbonyl (C=O) groups is 1. The van der Waals surface area contributed by atoms with Gasteiger partial charge in [0.25, 0.3) is 0 Å². The molecule has 0 saturated carbocycles. The number of anilines is 1. The molecule has 0 radical (unpaired) electrons. The van der Waals surface area contributed by atoms with Crippen LogP contribution in [0.3, 0.4) is 0 Å². The van der Waals surface area contributed by atoms with E-state index in [9.17, 15) is 9.18 Å². The van der Waals surface area contributed by atoms with Crippen LogP contribution in [0.5, 0.6) is 0 Å². The fourth-order valence-electron chi connectivity index (χ4n) is 1.24. The van der Waals surface area contributed by atoms with Gasteiger partial charge < -0.3 is 10.6 Å². The summed E-state index contributed by atoms with van der Waals surface area (Å²) in [4.78, 5) is 12.6. The minimum atomic E-state index is -0.356. The summed E-state index contributed by atoms with van der Waals surface area (Å²) in [6.07, 6.45) is 0. The fraction of sp³-hybridized carbons (Fsp3) is 0.300. The zero-order valence-electron chi connectivity index (χ0n) is 8.03. The largest absolute Gasteiger partial charge is 0.329 e. The van der Waals surface area contributed by atoms with Gasteiger partial charge in [-0.15, -0.1) is 0 Å². The number of hydrogen-bond acceptors (Lipinski definition) is 2. The highest BCUT2D eigenvalue weighted by Gasteiger charge is 2.10. The van der Waals surface area contributed by atoms with E-state index in [1.54, 1.807) is 12.1 Å². The molecule has 0 aliphatic rings. The van der Waals surface area contributed by atoms with E-state index in [-0.39, 0.29) is 11.7 Å². The SMILES string of the molecule is CC(=O)N(CCN)c1cccc(F)c1. The molecule has 0 aliphatic carbocycles. The van der Waals surface area contributed by atoms with Gasteiger partial charge in [0.1, 0.15) is 5.82 Å². The van der Waals surface area contributed by atoms with Crippen molar-refractivity contribution in [3.8, 4) is 0 Å². The number of carbonyl (C=O) groups excluding carboxylic acids is 1. The van der Waals surface area contributed by atoms with Crippen LogP contribution >= 0.6 is 0 Å². The molecule has 1 rings (SSSR count). The Morgan fingerprint density at radius 1 is 1.57 bits per heavy atom. The highest BCUT2D eigenvalue weighted by Crippen LogP contribution is 2.14. The first kappa shape index (κ1) is 10.7. The number of amides is 1. The van der Waals surface area contributed by atoms with Gasteiger partial charge in [0.05, 0.1) is 0 Å². The van der Waals surface area contributed by atoms with Crippen molar-refractivity contribution in [1.82, 2.24) is 0 Å². The summed E-state index contributed by atoms with van der Waals surface area (Å²) < 4.78 is 12.9. The number of benzene rings is 1. The molecule has 0 fully saturated rings. The zero-order valence-corrected chi connectivity index (χ0v) is 8.03. The molecule has 0 bridgehead atoms. The van der Waals surface area contributed by atoms with Crippen LogP contribution in [-0.2, 0) is 4.79 Å². The first-order valence-corrected chi connectivity index (χ1v) is 4.39. The maximum Gasteiger partial charge on any atom is 0.223 e. The molecule has 14 heavy (non-hydrogen) atoms. The van der Waals surface area contributed by atoms with Crippen molar-refractivity contribution in [1.29, 1.82) is 0 Å². The Bertz CT molecular complexity index is 328. The van der Waals surface area contributed by atoms with Gasteiger partial charge in [0.2, 0.25) is 5.91 Å². The van der Waals surface area contributed by atoms with Crippen LogP contribution in [0.4, 0.5) is 10.1 Å². The predicted octanol–water partition coefficient (Wildman–Crippen LogP) is 1.14. The van der Waals surface area contributed by atoms with Crippen LogP contribution < -0.4 is 10.6 Å². The van der Waals surface area contributed by atoms with Crippen molar-refractivity contribution in [2.45, 2.75) is 6.92 Å². The van der Waals surface area contributed by atoms with Gasteiger partial charge in [-0.25, -0.2) is 4.39 Å². The summed E-state index contributed by atoms with van der Waals surface area (Å²) in [7, 11) is 0. The number of nitrogens with zero attached hydrogens (tertiary/aromatic N) is 1. The summed E-state index contributed by atoms with van der Waals surface area (Å²) in [5, 5.41) is 0. The van der Waals surface area contributed by atoms with E-state index >= 15 is 0 Å². The molecule has 2 N–H and O–H groups in total. The monoisotopic (exact) mass is 196 g/mol. The Morgan fingerprint density at radius 3 is 2.79 bits per heavy atom. The van der Waals surface area contributed by atoms with Crippen LogP contribution in [0.15, 0.2) is 24.3 Å². The second kappa shape index (κ2) is 4.72. The fourth-order valence-corrected chi connectivity index (χ4v) is 1.24. The van der Waals surface area contributed by atoms with Crippen molar-refractivity contribution in [3.05, 3.63) is 30.1 Å². The average Bonchev–Trinajstić information content (AvgIpc) is 2.13. The Kier molecular flexibility index (Phi) is 3.59. The molecule has 0 aliphatic heterocycles. The van der Waals surface area contributed by atoms with E-state index in [4.69, 9.17) is 5.73 Å². The van der Waals surface area contributed by atoms with Crippen molar-refractivity contribution in [2.75, 3.05) is 18.0 Å². The number of rotatable bonds is 3. The lowest BCUT2D eigenvalue weighted by atomic mass is 10.2. The molecular weight excluding hydrogens is 183 g/mol. The lowest BCUT2D eigenvalue weighted by molar-refractivity contribution is -0.116. The first-order valence-electron chi connectivity index (χ1n) is 4.39. The molecule has 1 amide bonds. The van der Waals surface area contributed by atoms with E-state index in [1.165, 1.54) is 24.0 Å². The number of hydrogen-bond donors (Lipinski definition) is 1. The maximum atomic E-state index is 12.9. The van der Waals surface area contributed by atoms with E-state index in [0.29, 0.717) is 18.8 Å². The minimum Gasteiger partial charge on any atom is -0.329 e. The van der Waals surface area contributed by atoms with Gasteiger partial charge >= 0.3 is 0 Å². The van der Waals surface area contributed by atoms with Gasteiger partial charge in [-0.05, 0) is 18.2 Å². The molecule has 0 spiro atoms. The van der Waals surface area contributed by atoms with E-state index in [1.807, 2.05) is 0 Å². The molecule has 4 heteroatoms. The predicted molar refractivity (Wildman–Crippen MR) is 53.5 cm³/mol. The normalized spacial score (nSPS) is 9.93. The Morgan fingerprint density at radius 2 is 2.29 bits per heavy atom. The van der Waals surface area contributed by atoms with Gasteiger partial charge in [-0.2, -0.15) is 0 Å². The van der Waals surface area contributed by atoms with Gasteiger partial charge in [0.15, 0.2) is 0 Å². The molecule has 0 aromatic heterocycles. The maximum absolute atomic E-state index is 12.9. The third-order valence-corrected chi connectivity index (χ3v) is 1.85. The molecule has 0 heterocycles. The first-order chi connectivity index (χ1) is 6.65. The highest BCUT2D eigenvalue weighted by molar-refractivity contribution is 5.91. The second-order valence-corrected chi connectivity index (χ2v) is 2.94. The quantitative estimate of drug-likeness (QED) is 0.787. The third kappa shape index (κ3) is 2.53. The molecular formula is C10H13FN2O. The molecule has 3 nitrogen and oxygen atoms in total. The molecule has 0 saturated heterocycles. The standard InChI is InChI=1S/C10H13FN2O/c1-8(14)13(6-5-12)10-4-2-3-9(11)7-10/h2-4,7H,5-6,12H2,1H3. The van der Waals surface area contributed by atoms with E-state index in [2.05, 4.69) is 0 Å². The number of halogens is 1. The average molecular weight is 196 g/mol. The second-order valence-electron chi connectivity index (χ2n) is 2.94. The molecule has 1 aromatic carbocycles. The lowest BCUT2D eigenvalue weighted by Gasteiger charge is -2.20. The summed E-state index contributed by atoms with van der Waals surface area (Å²) in [6, 6.07) is 5.90. The third-order valence-electron chi connectivity index (χ3n) is 1.85. The molecule has 76 valence electrons. The van der Waals surface area contributed by atoms with Crippen molar-refractivity contribution in [2.24, 2.45) is 5.73 Å². The van der Waals surface area contributed by atoms with Crippen LogP contribution in [0.25, 0.3) is 0 Å². The number of nitrogens with two attached hydrogens (primary N) is 1. The van der Waals surface area contributed by atoms with E-state index in [0.717, 1.165) is 0 Å². The van der Waals surface area contributed by atoms with Crippen LogP contribution in [-0.4, -0.2) is 19.0 Å². The summed E-state index contributed by atoms with van der Waals surface area (Å²) in [6.45, 7) is 2.19. The molecule has 1 aromatic rings. The summed E-state index contributed by atoms with van der Waals surface area (Å²) in [5.74, 6) is -0.494. The van der Waals surface area contributed by atoms with E-state index < -0.39 is 0 Å². The molecule has 0 unspecified atom stereocenters. The highest BCUT2D eigenvalue weighted by atomic mass is 19.1. The van der Waals surface area contributed by atoms with Crippen molar-refractivity contribution >= 4 is 11.6 Å². The summed E-state index contributed by atoms with van der Waals surface area (Å²) in [5.41, 5.74) is 5.90. The van der Waals surface area contributed by atoms with Crippen molar-refractivity contribution < 1.29 is 9.18 Å². The van der Waals surface area contributed by atoms with Crippen LogP contribution in [0.2, 0.25) is 0 Å². The Labute approximate surface area is 82.3 Å². The smallest absolute Gasteiger partial charge is 0.223 e. The van der Waals surface area contributed by atoms with Crippen LogP contribution in [0, 0.1) is 5.82 Å². The van der Waals surface area contributed by atoms with Gasteiger partial charge in [-0.3, -0.25) is 4.79 Å². The Hall–Kier alpha value is -1.42. The lowest BCUT2D eigenvalue weighted by Crippen LogP contribution is -2.33. The summed E-state index contributed by atoms with van der Waals surface area (Å²) >= 11 is 0. The van der Waals surface area contributed by atoms with Crippen molar-refractivity contribution in [3.63, 3.8) is 0 Å². The molecule has 0 atom stereocenters. The Balaban J connectivity index is 2.93.